The molecule has 1 aliphatic rings. The number of ether oxygens (including phenoxy) is 3. The zero-order chi connectivity index (χ0) is 23.8. The molecular formula is C25H28N2O6. The first-order valence-corrected chi connectivity index (χ1v) is 10.8. The molecule has 0 aliphatic carbocycles. The lowest BCUT2D eigenvalue weighted by Crippen LogP contribution is -2.49. The first-order chi connectivity index (χ1) is 16.0. The molecule has 1 N–H and O–H groups in total. The molecule has 3 rings (SSSR count). The standard InChI is InChI=1S/C25H28N2O6/c1-4-20-21(24(29)32-5-2)22(17-11-13-19(31-3)14-12-17)26-25(30)27(20)15-16-33-23(28)18-9-7-6-8-10-18/h6-14,22H,4-5,15-16H2,1-3H3,(H,26,30). The van der Waals surface area contributed by atoms with Gasteiger partial charge in [0.25, 0.3) is 0 Å². The average molecular weight is 453 g/mol. The van der Waals surface area contributed by atoms with Gasteiger partial charge in [0.15, 0.2) is 0 Å². The summed E-state index contributed by atoms with van der Waals surface area (Å²) in [6.07, 6.45) is 0.418. The van der Waals surface area contributed by atoms with Crippen LogP contribution in [-0.4, -0.2) is 49.7 Å². The lowest BCUT2D eigenvalue weighted by atomic mass is 9.93. The number of methoxy groups -OCH3 is 1. The Morgan fingerprint density at radius 1 is 0.970 bits per heavy atom. The van der Waals surface area contributed by atoms with Crippen molar-refractivity contribution >= 4 is 18.0 Å². The third kappa shape index (κ3) is 5.52. The number of nitrogens with zero attached hydrogens (tertiary/aromatic N) is 1. The summed E-state index contributed by atoms with van der Waals surface area (Å²) < 4.78 is 15.9. The molecule has 174 valence electrons. The Kier molecular flexibility index (Phi) is 8.07. The summed E-state index contributed by atoms with van der Waals surface area (Å²) in [7, 11) is 1.57. The predicted molar refractivity (Wildman–Crippen MR) is 122 cm³/mol. The number of benzene rings is 2. The molecule has 1 aliphatic heterocycles. The molecule has 0 fully saturated rings. The van der Waals surface area contributed by atoms with Gasteiger partial charge < -0.3 is 19.5 Å². The molecule has 0 aromatic heterocycles. The van der Waals surface area contributed by atoms with Crippen LogP contribution in [0, 0.1) is 0 Å². The summed E-state index contributed by atoms with van der Waals surface area (Å²) in [5.74, 6) is -0.307. The summed E-state index contributed by atoms with van der Waals surface area (Å²) in [5.41, 5.74) is 2.05. The van der Waals surface area contributed by atoms with Crippen molar-refractivity contribution in [1.29, 1.82) is 0 Å². The maximum atomic E-state index is 13.0. The normalized spacial score (nSPS) is 15.7. The largest absolute Gasteiger partial charge is 0.497 e. The van der Waals surface area contributed by atoms with E-state index in [2.05, 4.69) is 5.32 Å². The van der Waals surface area contributed by atoms with Gasteiger partial charge in [0.2, 0.25) is 0 Å². The third-order valence-electron chi connectivity index (χ3n) is 5.28. The number of urea groups is 1. The van der Waals surface area contributed by atoms with E-state index >= 15 is 0 Å². The van der Waals surface area contributed by atoms with Crippen molar-refractivity contribution in [3.05, 3.63) is 77.0 Å². The van der Waals surface area contributed by atoms with E-state index < -0.39 is 18.0 Å². The van der Waals surface area contributed by atoms with Crippen molar-refractivity contribution in [2.45, 2.75) is 26.3 Å². The van der Waals surface area contributed by atoms with Crippen molar-refractivity contribution in [1.82, 2.24) is 10.2 Å². The quantitative estimate of drug-likeness (QED) is 0.581. The Balaban J connectivity index is 1.85. The zero-order valence-corrected chi connectivity index (χ0v) is 19.0. The molecule has 1 atom stereocenters. The van der Waals surface area contributed by atoms with Crippen molar-refractivity contribution in [3.63, 3.8) is 0 Å². The van der Waals surface area contributed by atoms with E-state index in [9.17, 15) is 14.4 Å². The number of rotatable bonds is 9. The Morgan fingerprint density at radius 2 is 1.67 bits per heavy atom. The van der Waals surface area contributed by atoms with Crippen LogP contribution < -0.4 is 10.1 Å². The highest BCUT2D eigenvalue weighted by Gasteiger charge is 2.37. The van der Waals surface area contributed by atoms with E-state index in [-0.39, 0.29) is 25.8 Å². The molecule has 8 heteroatoms. The van der Waals surface area contributed by atoms with Gasteiger partial charge in [-0.25, -0.2) is 14.4 Å². The lowest BCUT2D eigenvalue weighted by molar-refractivity contribution is -0.139. The van der Waals surface area contributed by atoms with E-state index in [1.54, 1.807) is 62.6 Å². The molecule has 0 radical (unpaired) electrons. The van der Waals surface area contributed by atoms with Gasteiger partial charge in [-0.3, -0.25) is 4.90 Å². The molecule has 33 heavy (non-hydrogen) atoms. The molecule has 2 amide bonds. The van der Waals surface area contributed by atoms with Gasteiger partial charge in [-0.05, 0) is 43.2 Å². The molecular weight excluding hydrogens is 424 g/mol. The Bertz CT molecular complexity index is 1020. The van der Waals surface area contributed by atoms with Crippen molar-refractivity contribution in [2.75, 3.05) is 26.9 Å². The van der Waals surface area contributed by atoms with Gasteiger partial charge in [-0.1, -0.05) is 37.3 Å². The molecule has 0 bridgehead atoms. The van der Waals surface area contributed by atoms with Crippen LogP contribution in [-0.2, 0) is 14.3 Å². The minimum Gasteiger partial charge on any atom is -0.497 e. The first kappa shape index (κ1) is 23.8. The van der Waals surface area contributed by atoms with Crippen LogP contribution in [0.25, 0.3) is 0 Å². The molecule has 2 aromatic carbocycles. The van der Waals surface area contributed by atoms with E-state index in [0.29, 0.717) is 29.0 Å². The summed E-state index contributed by atoms with van der Waals surface area (Å²) >= 11 is 0. The van der Waals surface area contributed by atoms with Crippen LogP contribution in [0.15, 0.2) is 65.9 Å². The topological polar surface area (TPSA) is 94.2 Å². The Morgan fingerprint density at radius 3 is 2.27 bits per heavy atom. The smallest absolute Gasteiger partial charge is 0.338 e. The van der Waals surface area contributed by atoms with E-state index in [1.165, 1.54) is 4.90 Å². The third-order valence-corrected chi connectivity index (χ3v) is 5.28. The Labute approximate surface area is 193 Å². The van der Waals surface area contributed by atoms with E-state index in [1.807, 2.05) is 13.0 Å². The molecule has 8 nitrogen and oxygen atoms in total. The number of nitrogens with one attached hydrogen (secondary N) is 1. The fourth-order valence-electron chi connectivity index (χ4n) is 3.70. The summed E-state index contributed by atoms with van der Waals surface area (Å²) in [6.45, 7) is 3.88. The number of carbonyl (C=O) groups is 3. The highest BCUT2D eigenvalue weighted by Crippen LogP contribution is 2.33. The first-order valence-electron chi connectivity index (χ1n) is 10.8. The molecule has 1 unspecified atom stereocenters. The number of carbonyl (C=O) groups excluding carboxylic acids is 3. The van der Waals surface area contributed by atoms with Gasteiger partial charge in [0.05, 0.1) is 37.4 Å². The number of hydrogen-bond acceptors (Lipinski definition) is 6. The summed E-state index contributed by atoms with van der Waals surface area (Å²) in [5, 5.41) is 2.89. The monoisotopic (exact) mass is 452 g/mol. The van der Waals surface area contributed by atoms with Gasteiger partial charge >= 0.3 is 18.0 Å². The second-order valence-corrected chi connectivity index (χ2v) is 7.24. The maximum Gasteiger partial charge on any atom is 0.338 e. The van der Waals surface area contributed by atoms with Crippen LogP contribution in [0.2, 0.25) is 0 Å². The highest BCUT2D eigenvalue weighted by atomic mass is 16.5. The summed E-state index contributed by atoms with van der Waals surface area (Å²) in [4.78, 5) is 39.6. The Hall–Kier alpha value is -3.81. The van der Waals surface area contributed by atoms with E-state index in [4.69, 9.17) is 14.2 Å². The lowest BCUT2D eigenvalue weighted by Gasteiger charge is -2.36. The number of esters is 2. The van der Waals surface area contributed by atoms with Crippen LogP contribution >= 0.6 is 0 Å². The van der Waals surface area contributed by atoms with Crippen molar-refractivity contribution in [2.24, 2.45) is 0 Å². The predicted octanol–water partition coefficient (Wildman–Crippen LogP) is 3.85. The SMILES string of the molecule is CCOC(=O)C1=C(CC)N(CCOC(=O)c2ccccc2)C(=O)NC1c1ccc(OC)cc1. The molecule has 0 saturated carbocycles. The number of allylic oxidation sites excluding steroid dienone is 1. The van der Waals surface area contributed by atoms with Gasteiger partial charge in [0.1, 0.15) is 12.4 Å². The van der Waals surface area contributed by atoms with Gasteiger partial charge in [0, 0.05) is 5.70 Å². The fourth-order valence-corrected chi connectivity index (χ4v) is 3.70. The van der Waals surface area contributed by atoms with E-state index in [0.717, 1.165) is 5.56 Å². The van der Waals surface area contributed by atoms with Crippen LogP contribution in [0.1, 0.15) is 42.2 Å². The van der Waals surface area contributed by atoms with Crippen LogP contribution in [0.4, 0.5) is 4.79 Å². The second-order valence-electron chi connectivity index (χ2n) is 7.24. The maximum absolute atomic E-state index is 13.0. The zero-order valence-electron chi connectivity index (χ0n) is 19.0. The highest BCUT2D eigenvalue weighted by molar-refractivity contribution is 5.95. The second kappa shape index (κ2) is 11.2. The molecule has 0 saturated heterocycles. The molecule has 2 aromatic rings. The number of amides is 2. The van der Waals surface area contributed by atoms with Crippen molar-refractivity contribution in [3.8, 4) is 5.75 Å². The average Bonchev–Trinajstić information content (AvgIpc) is 2.85. The van der Waals surface area contributed by atoms with Crippen molar-refractivity contribution < 1.29 is 28.6 Å². The molecule has 1 heterocycles. The molecule has 0 spiro atoms. The van der Waals surface area contributed by atoms with Gasteiger partial charge in [-0.15, -0.1) is 0 Å². The minimum atomic E-state index is -0.666. The van der Waals surface area contributed by atoms with Crippen LogP contribution in [0.5, 0.6) is 5.75 Å². The number of hydrogen-bond donors (Lipinski definition) is 1. The summed E-state index contributed by atoms with van der Waals surface area (Å²) in [6, 6.07) is 14.7. The fraction of sp³-hybridized carbons (Fsp3) is 0.320. The minimum absolute atomic E-state index is 0.0199. The van der Waals surface area contributed by atoms with Gasteiger partial charge in [-0.2, -0.15) is 0 Å². The van der Waals surface area contributed by atoms with Crippen LogP contribution in [0.3, 0.4) is 0 Å².